The van der Waals surface area contributed by atoms with Crippen LogP contribution in [0.3, 0.4) is 0 Å². The molecule has 0 aromatic rings. The molecule has 6 N–H and O–H groups in total. The Morgan fingerprint density at radius 1 is 1.03 bits per heavy atom. The Bertz CT molecular complexity index is 577. The lowest BCUT2D eigenvalue weighted by Gasteiger charge is -2.24. The molecule has 2 atom stereocenters. The number of rotatable bonds is 12. The van der Waals surface area contributed by atoms with Gasteiger partial charge in [0.25, 0.3) is 7.72 Å². The minimum Gasteiger partial charge on any atom is -0.347 e. The Morgan fingerprint density at radius 2 is 1.63 bits per heavy atom. The van der Waals surface area contributed by atoms with Crippen LogP contribution in [0.1, 0.15) is 66.2 Å². The molecule has 1 saturated carbocycles. The first-order chi connectivity index (χ1) is 13.9. The van der Waals surface area contributed by atoms with E-state index in [1.807, 2.05) is 27.7 Å². The van der Waals surface area contributed by atoms with Crippen LogP contribution in [0.4, 0.5) is 0 Å². The Hall–Kier alpha value is -1.08. The van der Waals surface area contributed by atoms with E-state index in [-0.39, 0.29) is 36.6 Å². The smallest absolute Gasteiger partial charge is 0.275 e. The van der Waals surface area contributed by atoms with Crippen molar-refractivity contribution in [2.24, 2.45) is 23.5 Å². The summed E-state index contributed by atoms with van der Waals surface area (Å²) in [5.41, 5.74) is 5.86. The average molecular weight is 447 g/mol. The quantitative estimate of drug-likeness (QED) is 0.288. The largest absolute Gasteiger partial charge is 0.347 e. The number of hydrogen-bond acceptors (Lipinski definition) is 6. The van der Waals surface area contributed by atoms with Crippen LogP contribution in [-0.4, -0.2) is 58.3 Å². The van der Waals surface area contributed by atoms with Gasteiger partial charge in [-0.25, -0.2) is 9.79 Å². The maximum Gasteiger partial charge on any atom is 0.275 e. The number of hydrogen-bond donors (Lipinski definition) is 5. The fraction of sp³-hybridized carbons (Fsp3) is 0.857. The summed E-state index contributed by atoms with van der Waals surface area (Å²) in [5.74, 6) is -0.930. The number of amides is 2. The van der Waals surface area contributed by atoms with Crippen molar-refractivity contribution >= 4 is 25.3 Å². The van der Waals surface area contributed by atoms with E-state index in [9.17, 15) is 24.2 Å². The summed E-state index contributed by atoms with van der Waals surface area (Å²) < 4.78 is 0. The highest BCUT2D eigenvalue weighted by atomic mass is 31.2. The maximum absolute atomic E-state index is 12.6. The lowest BCUT2D eigenvalue weighted by molar-refractivity contribution is -0.131. The molecule has 0 spiro atoms. The molecule has 1 aliphatic rings. The van der Waals surface area contributed by atoms with Crippen molar-refractivity contribution in [3.05, 3.63) is 0 Å². The first kappa shape index (κ1) is 27.0. The molecular formula is C21H41N3O5P+. The summed E-state index contributed by atoms with van der Waals surface area (Å²) in [7, 11) is -3.31. The second-order valence-corrected chi connectivity index (χ2v) is 11.9. The molecule has 174 valence electrons. The molecule has 1 fully saturated rings. The van der Waals surface area contributed by atoms with E-state index in [0.717, 1.165) is 25.7 Å². The summed E-state index contributed by atoms with van der Waals surface area (Å²) in [6, 6.07) is -1.51. The third-order valence-corrected chi connectivity index (χ3v) is 7.49. The van der Waals surface area contributed by atoms with Crippen molar-refractivity contribution in [3.63, 3.8) is 0 Å². The molecule has 0 aromatic carbocycles. The predicted molar refractivity (Wildman–Crippen MR) is 120 cm³/mol. The SMILES string of the molecule is CC(C)C[C@@H](NC(=O)[C@@H](N)C(C)C)C(=O)NCC(=O)C[P+](O)(O)CC1CCCCC1. The molecule has 0 radical (unpaired) electrons. The first-order valence-corrected chi connectivity index (χ1v) is 13.2. The van der Waals surface area contributed by atoms with Crippen molar-refractivity contribution < 1.29 is 24.2 Å². The van der Waals surface area contributed by atoms with Crippen LogP contribution >= 0.6 is 7.72 Å². The zero-order chi connectivity index (χ0) is 22.9. The molecule has 1 rings (SSSR count). The summed E-state index contributed by atoms with van der Waals surface area (Å²) >= 11 is 0. The third kappa shape index (κ3) is 10.3. The van der Waals surface area contributed by atoms with E-state index >= 15 is 0 Å². The van der Waals surface area contributed by atoms with Gasteiger partial charge < -0.3 is 16.4 Å². The van der Waals surface area contributed by atoms with E-state index in [1.165, 1.54) is 6.42 Å². The first-order valence-electron chi connectivity index (χ1n) is 11.1. The molecule has 0 saturated heterocycles. The second-order valence-electron chi connectivity index (χ2n) is 9.44. The standard InChI is InChI=1S/C21H40N3O5P/c1-14(2)10-18(24-21(27)19(22)15(3)4)20(26)23-11-17(25)13-30(28,29)12-16-8-6-5-7-9-16/h14-16,18-19,28-29H,5-13,22H2,1-4H3,(H-,23,24,26,27)/p+1/t18-,19+/m1/s1. The fourth-order valence-electron chi connectivity index (χ4n) is 3.77. The number of nitrogens with one attached hydrogen (secondary N) is 2. The van der Waals surface area contributed by atoms with Gasteiger partial charge in [0.15, 0.2) is 11.9 Å². The van der Waals surface area contributed by atoms with Crippen LogP contribution in [0.5, 0.6) is 0 Å². The second kappa shape index (κ2) is 12.7. The van der Waals surface area contributed by atoms with Crippen molar-refractivity contribution in [1.82, 2.24) is 10.6 Å². The van der Waals surface area contributed by atoms with Gasteiger partial charge in [-0.2, -0.15) is 0 Å². The van der Waals surface area contributed by atoms with Gasteiger partial charge in [0.2, 0.25) is 11.8 Å². The summed E-state index contributed by atoms with van der Waals surface area (Å²) in [6.07, 6.45) is 5.70. The molecule has 2 amide bonds. The Kier molecular flexibility index (Phi) is 11.4. The molecule has 9 heteroatoms. The van der Waals surface area contributed by atoms with E-state index < -0.39 is 37.4 Å². The summed E-state index contributed by atoms with van der Waals surface area (Å²) in [6.45, 7) is 7.23. The topological polar surface area (TPSA) is 142 Å². The number of nitrogens with two attached hydrogens (primary N) is 1. The van der Waals surface area contributed by atoms with Crippen LogP contribution in [0.25, 0.3) is 0 Å². The van der Waals surface area contributed by atoms with Crippen LogP contribution < -0.4 is 16.4 Å². The molecule has 0 aliphatic heterocycles. The van der Waals surface area contributed by atoms with E-state index in [2.05, 4.69) is 10.6 Å². The molecule has 0 unspecified atom stereocenters. The molecule has 0 aromatic heterocycles. The van der Waals surface area contributed by atoms with Crippen molar-refractivity contribution in [3.8, 4) is 0 Å². The highest BCUT2D eigenvalue weighted by Crippen LogP contribution is 2.52. The minimum absolute atomic E-state index is 0.0651. The summed E-state index contributed by atoms with van der Waals surface area (Å²) in [4.78, 5) is 57.7. The molecule has 0 heterocycles. The Morgan fingerprint density at radius 3 is 2.17 bits per heavy atom. The van der Waals surface area contributed by atoms with Gasteiger partial charge in [0.05, 0.1) is 12.6 Å². The third-order valence-electron chi connectivity index (χ3n) is 5.53. The summed E-state index contributed by atoms with van der Waals surface area (Å²) in [5, 5.41) is 5.22. The molecule has 8 nitrogen and oxygen atoms in total. The van der Waals surface area contributed by atoms with E-state index in [0.29, 0.717) is 6.42 Å². The molecule has 1 aliphatic carbocycles. The molecule has 0 bridgehead atoms. The zero-order valence-electron chi connectivity index (χ0n) is 18.9. The predicted octanol–water partition coefficient (Wildman–Crippen LogP) is 1.60. The zero-order valence-corrected chi connectivity index (χ0v) is 19.8. The minimum atomic E-state index is -3.31. The van der Waals surface area contributed by atoms with Gasteiger partial charge in [0, 0.05) is 0 Å². The van der Waals surface area contributed by atoms with Crippen molar-refractivity contribution in [1.29, 1.82) is 0 Å². The number of ketones is 1. The van der Waals surface area contributed by atoms with Gasteiger partial charge in [-0.1, -0.05) is 47.0 Å². The van der Waals surface area contributed by atoms with Crippen LogP contribution in [0.2, 0.25) is 0 Å². The monoisotopic (exact) mass is 446 g/mol. The van der Waals surface area contributed by atoms with Crippen molar-refractivity contribution in [2.75, 3.05) is 18.9 Å². The lowest BCUT2D eigenvalue weighted by Crippen LogP contribution is -2.53. The van der Waals surface area contributed by atoms with Gasteiger partial charge in [-0.05, 0) is 37.0 Å². The van der Waals surface area contributed by atoms with Crippen LogP contribution in [-0.2, 0) is 14.4 Å². The average Bonchev–Trinajstić information content (AvgIpc) is 2.64. The number of carbonyl (C=O) groups is 3. The van der Waals surface area contributed by atoms with Gasteiger partial charge in [0.1, 0.15) is 12.2 Å². The van der Waals surface area contributed by atoms with Crippen molar-refractivity contribution in [2.45, 2.75) is 78.3 Å². The number of carbonyl (C=O) groups excluding carboxylic acids is 3. The van der Waals surface area contributed by atoms with E-state index in [1.54, 1.807) is 0 Å². The van der Waals surface area contributed by atoms with Gasteiger partial charge in [-0.3, -0.25) is 14.4 Å². The Balaban J connectivity index is 2.55. The maximum atomic E-state index is 12.6. The molecular weight excluding hydrogens is 405 g/mol. The number of Topliss-reactive ketones (excluding diaryl/α,β-unsaturated/α-hetero) is 1. The van der Waals surface area contributed by atoms with Gasteiger partial charge >= 0.3 is 0 Å². The fourth-order valence-corrected chi connectivity index (χ4v) is 5.77. The lowest BCUT2D eigenvalue weighted by atomic mass is 9.91. The normalized spacial score (nSPS) is 17.6. The van der Waals surface area contributed by atoms with Crippen LogP contribution in [0.15, 0.2) is 0 Å². The van der Waals surface area contributed by atoms with Crippen LogP contribution in [0, 0.1) is 17.8 Å². The highest BCUT2D eigenvalue weighted by molar-refractivity contribution is 7.65. The molecule has 30 heavy (non-hydrogen) atoms. The van der Waals surface area contributed by atoms with E-state index in [4.69, 9.17) is 5.73 Å². The van der Waals surface area contributed by atoms with Gasteiger partial charge in [-0.15, -0.1) is 0 Å². The highest BCUT2D eigenvalue weighted by Gasteiger charge is 2.39. The Labute approximate surface area is 181 Å².